The molecule has 7 heteroatoms. The summed E-state index contributed by atoms with van der Waals surface area (Å²) in [5, 5.41) is 0. The number of nitrogens with two attached hydrogens (primary N) is 1. The van der Waals surface area contributed by atoms with E-state index < -0.39 is 10.0 Å². The Hall–Kier alpha value is -1.28. The third kappa shape index (κ3) is 4.10. The van der Waals surface area contributed by atoms with Crippen molar-refractivity contribution in [1.29, 1.82) is 0 Å². The number of hydrogen-bond donors (Lipinski definition) is 2. The second kappa shape index (κ2) is 6.65. The molecular weight excluding hydrogens is 372 g/mol. The van der Waals surface area contributed by atoms with Crippen molar-refractivity contribution in [2.75, 3.05) is 0 Å². The Morgan fingerprint density at radius 1 is 1.14 bits per heavy atom. The van der Waals surface area contributed by atoms with Crippen LogP contribution in [0.1, 0.15) is 11.1 Å². The van der Waals surface area contributed by atoms with Crippen molar-refractivity contribution in [3.8, 4) is 0 Å². The highest BCUT2D eigenvalue weighted by molar-refractivity contribution is 9.10. The number of benzene rings is 2. The van der Waals surface area contributed by atoms with E-state index in [0.717, 1.165) is 10.0 Å². The van der Waals surface area contributed by atoms with Crippen molar-refractivity contribution in [1.82, 2.24) is 4.72 Å². The first kappa shape index (κ1) is 16.1. The molecule has 110 valence electrons. The van der Waals surface area contributed by atoms with E-state index >= 15 is 0 Å². The molecule has 4 nitrogen and oxygen atoms in total. The van der Waals surface area contributed by atoms with Crippen molar-refractivity contribution in [2.45, 2.75) is 11.4 Å². The number of hydrogen-bond acceptors (Lipinski definition) is 3. The summed E-state index contributed by atoms with van der Waals surface area (Å²) in [4.78, 5) is 0.147. The number of nitrogens with one attached hydrogen (secondary N) is 1. The van der Waals surface area contributed by atoms with Crippen LogP contribution in [0.4, 0.5) is 0 Å². The van der Waals surface area contributed by atoms with Crippen LogP contribution in [0.25, 0.3) is 0 Å². The molecule has 0 bridgehead atoms. The second-order valence-electron chi connectivity index (χ2n) is 4.31. The van der Waals surface area contributed by atoms with Gasteiger partial charge in [-0.1, -0.05) is 58.5 Å². The van der Waals surface area contributed by atoms with E-state index in [-0.39, 0.29) is 16.4 Å². The van der Waals surface area contributed by atoms with Gasteiger partial charge in [0.1, 0.15) is 4.99 Å². The number of sulfonamides is 1. The lowest BCUT2D eigenvalue weighted by Gasteiger charge is -2.10. The Morgan fingerprint density at radius 2 is 1.76 bits per heavy atom. The second-order valence-corrected chi connectivity index (χ2v) is 7.40. The molecule has 0 saturated carbocycles. The number of halogens is 1. The topological polar surface area (TPSA) is 72.2 Å². The lowest BCUT2D eigenvalue weighted by Crippen LogP contribution is -2.26. The average molecular weight is 385 g/mol. The summed E-state index contributed by atoms with van der Waals surface area (Å²) >= 11 is 8.22. The maximum Gasteiger partial charge on any atom is 0.241 e. The van der Waals surface area contributed by atoms with Crippen LogP contribution >= 0.6 is 28.1 Å². The minimum Gasteiger partial charge on any atom is -0.389 e. The van der Waals surface area contributed by atoms with Crippen LogP contribution in [-0.2, 0) is 16.6 Å². The minimum absolute atomic E-state index is 0.0552. The highest BCUT2D eigenvalue weighted by Gasteiger charge is 2.18. The van der Waals surface area contributed by atoms with E-state index in [9.17, 15) is 8.42 Å². The largest absolute Gasteiger partial charge is 0.389 e. The molecule has 21 heavy (non-hydrogen) atoms. The molecule has 0 aliphatic heterocycles. The predicted octanol–water partition coefficient (Wildman–Crippen LogP) is 2.56. The molecule has 0 aliphatic rings. The molecule has 0 amide bonds. The van der Waals surface area contributed by atoms with E-state index in [1.807, 2.05) is 24.3 Å². The van der Waals surface area contributed by atoms with Gasteiger partial charge in [0.15, 0.2) is 0 Å². The SMILES string of the molecule is NC(=S)c1ccccc1S(=O)(=O)NCc1ccc(Br)cc1. The van der Waals surface area contributed by atoms with Gasteiger partial charge in [-0.3, -0.25) is 0 Å². The summed E-state index contributed by atoms with van der Waals surface area (Å²) in [6.07, 6.45) is 0. The van der Waals surface area contributed by atoms with Crippen LogP contribution in [0, 0.1) is 0 Å². The standard InChI is InChI=1S/C14H13BrN2O2S2/c15-11-7-5-10(6-8-11)9-17-21(18,19)13-4-2-1-3-12(13)14(16)20/h1-8,17H,9H2,(H2,16,20). The van der Waals surface area contributed by atoms with Gasteiger partial charge in [0.2, 0.25) is 10.0 Å². The molecule has 0 heterocycles. The highest BCUT2D eigenvalue weighted by Crippen LogP contribution is 2.16. The summed E-state index contributed by atoms with van der Waals surface area (Å²) in [5.74, 6) is 0. The molecule has 0 fully saturated rings. The zero-order valence-corrected chi connectivity index (χ0v) is 14.1. The Morgan fingerprint density at radius 3 is 2.38 bits per heavy atom. The first-order chi connectivity index (χ1) is 9.90. The quantitative estimate of drug-likeness (QED) is 0.776. The summed E-state index contributed by atoms with van der Waals surface area (Å²) in [6, 6.07) is 13.8. The molecule has 0 saturated heterocycles. The van der Waals surface area contributed by atoms with Crippen molar-refractivity contribution in [3.63, 3.8) is 0 Å². The molecule has 2 rings (SSSR count). The molecule has 2 aromatic rings. The fourth-order valence-corrected chi connectivity index (χ4v) is 3.51. The monoisotopic (exact) mass is 384 g/mol. The summed E-state index contributed by atoms with van der Waals surface area (Å²) in [7, 11) is -3.67. The fourth-order valence-electron chi connectivity index (χ4n) is 1.76. The number of rotatable bonds is 5. The van der Waals surface area contributed by atoms with Gasteiger partial charge in [0, 0.05) is 16.6 Å². The summed E-state index contributed by atoms with van der Waals surface area (Å²) < 4.78 is 28.2. The smallest absolute Gasteiger partial charge is 0.241 e. The summed E-state index contributed by atoms with van der Waals surface area (Å²) in [5.41, 5.74) is 6.77. The lowest BCUT2D eigenvalue weighted by molar-refractivity contribution is 0.581. The van der Waals surface area contributed by atoms with E-state index in [4.69, 9.17) is 18.0 Å². The maximum absolute atomic E-state index is 12.4. The average Bonchev–Trinajstić information content (AvgIpc) is 2.47. The van der Waals surface area contributed by atoms with E-state index in [2.05, 4.69) is 20.7 Å². The third-order valence-corrected chi connectivity index (χ3v) is 5.03. The van der Waals surface area contributed by atoms with E-state index in [0.29, 0.717) is 5.56 Å². The molecule has 0 unspecified atom stereocenters. The van der Waals surface area contributed by atoms with Crippen LogP contribution in [0.15, 0.2) is 57.9 Å². The Kier molecular flexibility index (Phi) is 5.10. The lowest BCUT2D eigenvalue weighted by atomic mass is 10.2. The van der Waals surface area contributed by atoms with Crippen molar-refractivity contribution < 1.29 is 8.42 Å². The Bertz CT molecular complexity index is 759. The third-order valence-electron chi connectivity index (χ3n) is 2.82. The van der Waals surface area contributed by atoms with Gasteiger partial charge < -0.3 is 5.73 Å². The van der Waals surface area contributed by atoms with Gasteiger partial charge in [-0.05, 0) is 23.8 Å². The summed E-state index contributed by atoms with van der Waals surface area (Å²) in [6.45, 7) is 0.196. The number of thiocarbonyl (C=S) groups is 1. The zero-order chi connectivity index (χ0) is 15.5. The zero-order valence-electron chi connectivity index (χ0n) is 10.9. The Labute approximate surface area is 137 Å². The maximum atomic E-state index is 12.4. The molecule has 0 aromatic heterocycles. The van der Waals surface area contributed by atoms with Gasteiger partial charge in [-0.2, -0.15) is 0 Å². The minimum atomic E-state index is -3.67. The molecule has 0 spiro atoms. The fraction of sp³-hybridized carbons (Fsp3) is 0.0714. The van der Waals surface area contributed by atoms with Crippen LogP contribution in [0.2, 0.25) is 0 Å². The van der Waals surface area contributed by atoms with E-state index in [1.165, 1.54) is 6.07 Å². The van der Waals surface area contributed by atoms with Crippen LogP contribution in [-0.4, -0.2) is 13.4 Å². The molecule has 0 radical (unpaired) electrons. The molecule has 2 aromatic carbocycles. The van der Waals surface area contributed by atoms with E-state index in [1.54, 1.807) is 18.2 Å². The van der Waals surface area contributed by atoms with Crippen LogP contribution in [0.5, 0.6) is 0 Å². The first-order valence-corrected chi connectivity index (χ1v) is 8.71. The van der Waals surface area contributed by atoms with Gasteiger partial charge in [-0.25, -0.2) is 13.1 Å². The van der Waals surface area contributed by atoms with Gasteiger partial charge in [0.25, 0.3) is 0 Å². The van der Waals surface area contributed by atoms with Crippen molar-refractivity contribution in [2.24, 2.45) is 5.73 Å². The van der Waals surface area contributed by atoms with Crippen molar-refractivity contribution in [3.05, 3.63) is 64.1 Å². The predicted molar refractivity (Wildman–Crippen MR) is 90.5 cm³/mol. The van der Waals surface area contributed by atoms with Crippen LogP contribution in [0.3, 0.4) is 0 Å². The van der Waals surface area contributed by atoms with Gasteiger partial charge in [0.05, 0.1) is 4.90 Å². The Balaban J connectivity index is 2.23. The molecule has 0 aliphatic carbocycles. The van der Waals surface area contributed by atoms with Crippen LogP contribution < -0.4 is 10.5 Å². The van der Waals surface area contributed by atoms with Gasteiger partial charge in [-0.15, -0.1) is 0 Å². The van der Waals surface area contributed by atoms with Gasteiger partial charge >= 0.3 is 0 Å². The van der Waals surface area contributed by atoms with Crippen molar-refractivity contribution >= 4 is 43.2 Å². The first-order valence-electron chi connectivity index (χ1n) is 6.03. The highest BCUT2D eigenvalue weighted by atomic mass is 79.9. The molecule has 3 N–H and O–H groups in total. The normalized spacial score (nSPS) is 11.3. The molecule has 0 atom stereocenters. The molecular formula is C14H13BrN2O2S2.